The standard InChI is InChI=1S/C17H32N4O3.HI/c1-4-18-16(20-12-15(22)19-9-10-23-3)21-13-11-14(24-5-2)17(13)7-6-8-17;/h13-14H,4-12H2,1-3H3,(H,19,22)(H2,18,20,21);1H. The molecule has 0 radical (unpaired) electrons. The molecule has 0 saturated heterocycles. The van der Waals surface area contributed by atoms with Crippen LogP contribution in [0.5, 0.6) is 0 Å². The second-order valence-electron chi connectivity index (χ2n) is 6.50. The molecular formula is C17H33IN4O3. The Morgan fingerprint density at radius 2 is 2.04 bits per heavy atom. The zero-order valence-electron chi connectivity index (χ0n) is 15.6. The van der Waals surface area contributed by atoms with Crippen LogP contribution >= 0.6 is 24.0 Å². The Labute approximate surface area is 168 Å². The lowest BCUT2D eigenvalue weighted by molar-refractivity contribution is -0.168. The molecule has 25 heavy (non-hydrogen) atoms. The van der Waals surface area contributed by atoms with Crippen molar-refractivity contribution in [2.24, 2.45) is 10.4 Å². The molecule has 2 aliphatic carbocycles. The number of rotatable bonds is 9. The van der Waals surface area contributed by atoms with Gasteiger partial charge in [-0.25, -0.2) is 4.99 Å². The summed E-state index contributed by atoms with van der Waals surface area (Å²) in [6.45, 7) is 6.77. The van der Waals surface area contributed by atoms with Crippen LogP contribution in [-0.4, -0.2) is 64.0 Å². The molecule has 0 bridgehead atoms. The van der Waals surface area contributed by atoms with Crippen molar-refractivity contribution < 1.29 is 14.3 Å². The molecule has 146 valence electrons. The quantitative estimate of drug-likeness (QED) is 0.206. The third-order valence-corrected chi connectivity index (χ3v) is 5.10. The molecule has 2 aliphatic rings. The summed E-state index contributed by atoms with van der Waals surface area (Å²) in [5, 5.41) is 9.52. The SMILES string of the molecule is CCNC(=NCC(=O)NCCOC)NC1CC(OCC)C12CCC2.I. The van der Waals surface area contributed by atoms with Crippen LogP contribution in [0.25, 0.3) is 0 Å². The third-order valence-electron chi connectivity index (χ3n) is 5.10. The number of hydrogen-bond acceptors (Lipinski definition) is 4. The maximum atomic E-state index is 11.8. The molecule has 7 nitrogen and oxygen atoms in total. The molecule has 1 amide bonds. The van der Waals surface area contributed by atoms with Crippen molar-refractivity contribution in [2.75, 3.05) is 40.0 Å². The minimum atomic E-state index is -0.0941. The van der Waals surface area contributed by atoms with Gasteiger partial charge in [-0.05, 0) is 33.1 Å². The van der Waals surface area contributed by atoms with Crippen LogP contribution in [0.4, 0.5) is 0 Å². The van der Waals surface area contributed by atoms with Gasteiger partial charge in [-0.1, -0.05) is 6.42 Å². The monoisotopic (exact) mass is 468 g/mol. The first-order chi connectivity index (χ1) is 11.7. The number of aliphatic imine (C=N–C) groups is 1. The molecule has 0 aromatic heterocycles. The van der Waals surface area contributed by atoms with E-state index in [0.29, 0.717) is 31.3 Å². The Hall–Kier alpha value is -0.610. The zero-order chi connectivity index (χ0) is 17.4. The highest BCUT2D eigenvalue weighted by Crippen LogP contribution is 2.57. The molecule has 2 atom stereocenters. The fourth-order valence-corrected chi connectivity index (χ4v) is 3.63. The van der Waals surface area contributed by atoms with Crippen LogP contribution < -0.4 is 16.0 Å². The van der Waals surface area contributed by atoms with E-state index in [1.165, 1.54) is 19.3 Å². The minimum absolute atomic E-state index is 0. The Kier molecular flexibility index (Phi) is 10.0. The maximum Gasteiger partial charge on any atom is 0.241 e. The van der Waals surface area contributed by atoms with Crippen LogP contribution in [0.1, 0.15) is 39.5 Å². The topological polar surface area (TPSA) is 84.0 Å². The number of nitrogens with zero attached hydrogens (tertiary/aromatic N) is 1. The van der Waals surface area contributed by atoms with Gasteiger partial charge in [0.15, 0.2) is 5.96 Å². The Balaban J connectivity index is 0.00000312. The molecular weight excluding hydrogens is 435 g/mol. The normalized spacial score (nSPS) is 23.9. The van der Waals surface area contributed by atoms with Gasteiger partial charge in [0.05, 0.1) is 12.7 Å². The summed E-state index contributed by atoms with van der Waals surface area (Å²) in [5.41, 5.74) is 0.271. The van der Waals surface area contributed by atoms with E-state index in [4.69, 9.17) is 9.47 Å². The summed E-state index contributed by atoms with van der Waals surface area (Å²) in [4.78, 5) is 16.2. The first-order valence-electron chi connectivity index (χ1n) is 9.08. The number of amides is 1. The molecule has 1 spiro atoms. The lowest BCUT2D eigenvalue weighted by atomic mass is 9.51. The zero-order valence-corrected chi connectivity index (χ0v) is 17.9. The van der Waals surface area contributed by atoms with Crippen LogP contribution in [0.15, 0.2) is 4.99 Å². The van der Waals surface area contributed by atoms with Crippen LogP contribution in [0.2, 0.25) is 0 Å². The number of ether oxygens (including phenoxy) is 2. The summed E-state index contributed by atoms with van der Waals surface area (Å²) in [6.07, 6.45) is 5.09. The number of guanidine groups is 1. The summed E-state index contributed by atoms with van der Waals surface area (Å²) in [5.74, 6) is 0.619. The first-order valence-corrected chi connectivity index (χ1v) is 9.08. The van der Waals surface area contributed by atoms with Crippen molar-refractivity contribution in [1.82, 2.24) is 16.0 Å². The molecule has 2 unspecified atom stereocenters. The van der Waals surface area contributed by atoms with E-state index >= 15 is 0 Å². The molecule has 3 N–H and O–H groups in total. The van der Waals surface area contributed by atoms with Gasteiger partial charge in [-0.15, -0.1) is 24.0 Å². The van der Waals surface area contributed by atoms with Gasteiger partial charge in [0.1, 0.15) is 6.54 Å². The first kappa shape index (κ1) is 22.4. The van der Waals surface area contributed by atoms with Gasteiger partial charge >= 0.3 is 0 Å². The molecule has 0 aliphatic heterocycles. The van der Waals surface area contributed by atoms with Crippen molar-refractivity contribution in [3.05, 3.63) is 0 Å². The second-order valence-corrected chi connectivity index (χ2v) is 6.50. The Morgan fingerprint density at radius 3 is 2.60 bits per heavy atom. The van der Waals surface area contributed by atoms with E-state index < -0.39 is 0 Å². The van der Waals surface area contributed by atoms with Crippen molar-refractivity contribution in [2.45, 2.75) is 51.7 Å². The number of nitrogens with one attached hydrogen (secondary N) is 3. The van der Waals surface area contributed by atoms with Crippen LogP contribution in [0, 0.1) is 5.41 Å². The van der Waals surface area contributed by atoms with Gasteiger partial charge < -0.3 is 25.4 Å². The highest BCUT2D eigenvalue weighted by molar-refractivity contribution is 14.0. The van der Waals surface area contributed by atoms with Gasteiger partial charge in [0.2, 0.25) is 5.91 Å². The lowest BCUT2D eigenvalue weighted by Gasteiger charge is -2.61. The number of hydrogen-bond donors (Lipinski definition) is 3. The predicted octanol–water partition coefficient (Wildman–Crippen LogP) is 1.27. The summed E-state index contributed by atoms with van der Waals surface area (Å²) in [6, 6.07) is 0.386. The summed E-state index contributed by atoms with van der Waals surface area (Å²) < 4.78 is 10.8. The second kappa shape index (κ2) is 11.2. The van der Waals surface area contributed by atoms with Gasteiger partial charge in [0, 0.05) is 38.3 Å². The number of methoxy groups -OCH3 is 1. The predicted molar refractivity (Wildman–Crippen MR) is 110 cm³/mol. The van der Waals surface area contributed by atoms with E-state index in [-0.39, 0.29) is 41.8 Å². The molecule has 0 aromatic carbocycles. The largest absolute Gasteiger partial charge is 0.383 e. The average molecular weight is 468 g/mol. The summed E-state index contributed by atoms with van der Waals surface area (Å²) in [7, 11) is 1.61. The van der Waals surface area contributed by atoms with E-state index in [9.17, 15) is 4.79 Å². The number of carbonyl (C=O) groups is 1. The molecule has 8 heteroatoms. The van der Waals surface area contributed by atoms with E-state index in [2.05, 4.69) is 27.9 Å². The van der Waals surface area contributed by atoms with E-state index in [1.807, 2.05) is 6.92 Å². The maximum absolute atomic E-state index is 11.8. The van der Waals surface area contributed by atoms with Crippen molar-refractivity contribution in [3.63, 3.8) is 0 Å². The molecule has 0 heterocycles. The van der Waals surface area contributed by atoms with E-state index in [0.717, 1.165) is 19.6 Å². The number of carbonyl (C=O) groups excluding carboxylic acids is 1. The Morgan fingerprint density at radius 1 is 1.28 bits per heavy atom. The number of halogens is 1. The average Bonchev–Trinajstić information content (AvgIpc) is 2.50. The highest BCUT2D eigenvalue weighted by Gasteiger charge is 2.59. The molecule has 0 aromatic rings. The molecule has 2 rings (SSSR count). The third kappa shape index (κ3) is 5.68. The highest BCUT2D eigenvalue weighted by atomic mass is 127. The van der Waals surface area contributed by atoms with Crippen LogP contribution in [0.3, 0.4) is 0 Å². The van der Waals surface area contributed by atoms with Crippen molar-refractivity contribution >= 4 is 35.8 Å². The molecule has 2 fully saturated rings. The van der Waals surface area contributed by atoms with Gasteiger partial charge in [-0.3, -0.25) is 4.79 Å². The minimum Gasteiger partial charge on any atom is -0.383 e. The van der Waals surface area contributed by atoms with E-state index in [1.54, 1.807) is 7.11 Å². The van der Waals surface area contributed by atoms with Crippen molar-refractivity contribution in [1.29, 1.82) is 0 Å². The fraction of sp³-hybridized carbons (Fsp3) is 0.882. The molecule has 2 saturated carbocycles. The fourth-order valence-electron chi connectivity index (χ4n) is 3.63. The smallest absolute Gasteiger partial charge is 0.241 e. The van der Waals surface area contributed by atoms with Crippen molar-refractivity contribution in [3.8, 4) is 0 Å². The van der Waals surface area contributed by atoms with Crippen LogP contribution in [-0.2, 0) is 14.3 Å². The van der Waals surface area contributed by atoms with Gasteiger partial charge in [0.25, 0.3) is 0 Å². The summed E-state index contributed by atoms with van der Waals surface area (Å²) >= 11 is 0. The Bertz CT molecular complexity index is 444. The van der Waals surface area contributed by atoms with Gasteiger partial charge in [-0.2, -0.15) is 0 Å². The lowest BCUT2D eigenvalue weighted by Crippen LogP contribution is -2.68.